The van der Waals surface area contributed by atoms with Crippen molar-refractivity contribution in [2.75, 3.05) is 0 Å². The van der Waals surface area contributed by atoms with E-state index in [4.69, 9.17) is 23.2 Å². The first-order chi connectivity index (χ1) is 11.4. The minimum absolute atomic E-state index is 0.0475. The standard InChI is InChI=1S/C17H15Cl2N3O2/c1-3-11-12(8-20)17(24)22(21-15(11)4-2)9-16(23)10-5-6-13(18)14(19)7-10/h5-7H,3-4,9H2,1-2H3. The molecule has 0 aliphatic rings. The van der Waals surface area contributed by atoms with Crippen molar-refractivity contribution in [1.29, 1.82) is 5.26 Å². The summed E-state index contributed by atoms with van der Waals surface area (Å²) < 4.78 is 1.04. The maximum atomic E-state index is 12.4. The second kappa shape index (κ2) is 7.61. The first-order valence-corrected chi connectivity index (χ1v) is 8.19. The van der Waals surface area contributed by atoms with Crippen molar-refractivity contribution in [1.82, 2.24) is 9.78 Å². The molecule has 0 saturated carbocycles. The molecule has 1 heterocycles. The monoisotopic (exact) mass is 363 g/mol. The van der Waals surface area contributed by atoms with Crippen LogP contribution in [-0.2, 0) is 19.4 Å². The van der Waals surface area contributed by atoms with Gasteiger partial charge in [0.15, 0.2) is 5.78 Å². The summed E-state index contributed by atoms with van der Waals surface area (Å²) in [5.74, 6) is -0.335. The number of benzene rings is 1. The summed E-state index contributed by atoms with van der Waals surface area (Å²) in [7, 11) is 0. The molecule has 0 aliphatic carbocycles. The minimum Gasteiger partial charge on any atom is -0.292 e. The van der Waals surface area contributed by atoms with Crippen molar-refractivity contribution in [3.63, 3.8) is 0 Å². The number of carbonyl (C=O) groups is 1. The van der Waals surface area contributed by atoms with Crippen LogP contribution >= 0.6 is 23.2 Å². The fourth-order valence-corrected chi connectivity index (χ4v) is 2.74. The number of nitrogens with zero attached hydrogens (tertiary/aromatic N) is 3. The molecule has 124 valence electrons. The number of aryl methyl sites for hydroxylation is 1. The Balaban J connectivity index is 2.46. The zero-order valence-corrected chi connectivity index (χ0v) is 14.8. The molecule has 0 unspecified atom stereocenters. The number of halogens is 2. The lowest BCUT2D eigenvalue weighted by Crippen LogP contribution is -2.31. The molecule has 0 aliphatic heterocycles. The third kappa shape index (κ3) is 3.50. The molecule has 0 bridgehead atoms. The molecule has 2 rings (SSSR count). The molecule has 0 amide bonds. The molecule has 0 fully saturated rings. The Morgan fingerprint density at radius 2 is 1.96 bits per heavy atom. The second-order valence-corrected chi connectivity index (χ2v) is 5.95. The number of rotatable bonds is 5. The smallest absolute Gasteiger partial charge is 0.285 e. The average Bonchev–Trinajstić information content (AvgIpc) is 2.58. The van der Waals surface area contributed by atoms with Crippen molar-refractivity contribution in [2.45, 2.75) is 33.2 Å². The third-order valence-corrected chi connectivity index (χ3v) is 4.41. The van der Waals surface area contributed by atoms with E-state index in [0.717, 1.165) is 4.68 Å². The zero-order chi connectivity index (χ0) is 17.9. The Kier molecular flexibility index (Phi) is 5.76. The van der Waals surface area contributed by atoms with Gasteiger partial charge >= 0.3 is 0 Å². The molecular weight excluding hydrogens is 349 g/mol. The Labute approximate surface area is 149 Å². The number of ketones is 1. The van der Waals surface area contributed by atoms with E-state index in [2.05, 4.69) is 5.10 Å². The van der Waals surface area contributed by atoms with E-state index in [0.29, 0.717) is 34.7 Å². The predicted octanol–water partition coefficient (Wildman–Crippen LogP) is 3.43. The van der Waals surface area contributed by atoms with Crippen molar-refractivity contribution in [3.05, 3.63) is 61.0 Å². The van der Waals surface area contributed by atoms with Crippen LogP contribution < -0.4 is 5.56 Å². The van der Waals surface area contributed by atoms with Gasteiger partial charge < -0.3 is 0 Å². The molecule has 24 heavy (non-hydrogen) atoms. The summed E-state index contributed by atoms with van der Waals surface area (Å²) >= 11 is 11.8. The van der Waals surface area contributed by atoms with Gasteiger partial charge in [-0.15, -0.1) is 0 Å². The quantitative estimate of drug-likeness (QED) is 0.762. The maximum Gasteiger partial charge on any atom is 0.285 e. The predicted molar refractivity (Wildman–Crippen MR) is 92.8 cm³/mol. The number of Topliss-reactive ketones (excluding diaryl/α,β-unsaturated/α-hetero) is 1. The normalized spacial score (nSPS) is 10.5. The summed E-state index contributed by atoms with van der Waals surface area (Å²) in [4.78, 5) is 24.8. The van der Waals surface area contributed by atoms with E-state index in [1.54, 1.807) is 0 Å². The van der Waals surface area contributed by atoms with Crippen LogP contribution in [0.25, 0.3) is 0 Å². The van der Waals surface area contributed by atoms with Crippen LogP contribution in [0.15, 0.2) is 23.0 Å². The zero-order valence-electron chi connectivity index (χ0n) is 13.3. The second-order valence-electron chi connectivity index (χ2n) is 5.13. The molecule has 7 heteroatoms. The molecule has 2 aromatic rings. The fraction of sp³-hybridized carbons (Fsp3) is 0.294. The van der Waals surface area contributed by atoms with Crippen LogP contribution in [0.2, 0.25) is 10.0 Å². The van der Waals surface area contributed by atoms with Crippen LogP contribution in [0.3, 0.4) is 0 Å². The molecule has 1 aromatic carbocycles. The highest BCUT2D eigenvalue weighted by Crippen LogP contribution is 2.23. The van der Waals surface area contributed by atoms with E-state index in [-0.39, 0.29) is 22.9 Å². The minimum atomic E-state index is -0.556. The Hall–Kier alpha value is -2.16. The molecule has 0 atom stereocenters. The SMILES string of the molecule is CCc1nn(CC(=O)c2ccc(Cl)c(Cl)c2)c(=O)c(C#N)c1CC. The summed E-state index contributed by atoms with van der Waals surface area (Å²) in [6.07, 6.45) is 1.11. The number of carbonyl (C=O) groups excluding carboxylic acids is 1. The summed E-state index contributed by atoms with van der Waals surface area (Å²) in [6, 6.07) is 6.44. The van der Waals surface area contributed by atoms with Gasteiger partial charge in [-0.25, -0.2) is 4.68 Å². The van der Waals surface area contributed by atoms with Gasteiger partial charge in [-0.1, -0.05) is 37.0 Å². The highest BCUT2D eigenvalue weighted by atomic mass is 35.5. The molecule has 0 saturated heterocycles. The topological polar surface area (TPSA) is 75.8 Å². The highest BCUT2D eigenvalue weighted by molar-refractivity contribution is 6.42. The van der Waals surface area contributed by atoms with Crippen molar-refractivity contribution >= 4 is 29.0 Å². The van der Waals surface area contributed by atoms with Gasteiger partial charge in [0.25, 0.3) is 5.56 Å². The first-order valence-electron chi connectivity index (χ1n) is 7.44. The molecule has 1 aromatic heterocycles. The third-order valence-electron chi connectivity index (χ3n) is 3.68. The van der Waals surface area contributed by atoms with Gasteiger partial charge in [-0.3, -0.25) is 9.59 Å². The van der Waals surface area contributed by atoms with Crippen molar-refractivity contribution in [2.24, 2.45) is 0 Å². The van der Waals surface area contributed by atoms with Crippen molar-refractivity contribution < 1.29 is 4.79 Å². The van der Waals surface area contributed by atoms with Crippen LogP contribution in [0, 0.1) is 11.3 Å². The van der Waals surface area contributed by atoms with Crippen LogP contribution in [0.4, 0.5) is 0 Å². The summed E-state index contributed by atoms with van der Waals surface area (Å²) in [6.45, 7) is 3.49. The number of nitriles is 1. The van der Waals surface area contributed by atoms with E-state index < -0.39 is 5.56 Å². The lowest BCUT2D eigenvalue weighted by molar-refractivity contribution is 0.0965. The largest absolute Gasteiger partial charge is 0.292 e. The Morgan fingerprint density at radius 1 is 1.25 bits per heavy atom. The molecule has 5 nitrogen and oxygen atoms in total. The molecule has 0 spiro atoms. The van der Waals surface area contributed by atoms with Crippen LogP contribution in [0.5, 0.6) is 0 Å². The van der Waals surface area contributed by atoms with Crippen LogP contribution in [0.1, 0.15) is 41.0 Å². The summed E-state index contributed by atoms with van der Waals surface area (Å²) in [5, 5.41) is 14.1. The van der Waals surface area contributed by atoms with Gasteiger partial charge in [0.1, 0.15) is 18.2 Å². The number of hydrogen-bond acceptors (Lipinski definition) is 4. The van der Waals surface area contributed by atoms with Crippen molar-refractivity contribution in [3.8, 4) is 6.07 Å². The van der Waals surface area contributed by atoms with Gasteiger partial charge in [0.05, 0.1) is 15.7 Å². The van der Waals surface area contributed by atoms with Crippen LogP contribution in [-0.4, -0.2) is 15.6 Å². The van der Waals surface area contributed by atoms with Gasteiger partial charge in [0.2, 0.25) is 0 Å². The lowest BCUT2D eigenvalue weighted by atomic mass is 10.0. The summed E-state index contributed by atoms with van der Waals surface area (Å²) in [5.41, 5.74) is 1.11. The molecule has 0 radical (unpaired) electrons. The highest BCUT2D eigenvalue weighted by Gasteiger charge is 2.17. The lowest BCUT2D eigenvalue weighted by Gasteiger charge is -2.11. The number of hydrogen-bond donors (Lipinski definition) is 0. The number of aromatic nitrogens is 2. The maximum absolute atomic E-state index is 12.4. The van der Waals surface area contributed by atoms with E-state index in [1.165, 1.54) is 18.2 Å². The average molecular weight is 364 g/mol. The fourth-order valence-electron chi connectivity index (χ4n) is 2.44. The van der Waals surface area contributed by atoms with E-state index >= 15 is 0 Å². The van der Waals surface area contributed by atoms with Gasteiger partial charge in [0, 0.05) is 5.56 Å². The Morgan fingerprint density at radius 3 is 2.50 bits per heavy atom. The first kappa shape index (κ1) is 18.2. The molecular formula is C17H15Cl2N3O2. The van der Waals surface area contributed by atoms with E-state index in [1.807, 2.05) is 19.9 Å². The van der Waals surface area contributed by atoms with Gasteiger partial charge in [-0.2, -0.15) is 10.4 Å². The van der Waals surface area contributed by atoms with Gasteiger partial charge in [-0.05, 0) is 36.6 Å². The van der Waals surface area contributed by atoms with E-state index in [9.17, 15) is 14.9 Å². The molecule has 0 N–H and O–H groups in total. The Bertz CT molecular complexity index is 898.